The van der Waals surface area contributed by atoms with Gasteiger partial charge in [0.05, 0.1) is 18.3 Å². The van der Waals surface area contributed by atoms with Gasteiger partial charge in [0.15, 0.2) is 0 Å². The Morgan fingerprint density at radius 2 is 1.81 bits per heavy atom. The highest BCUT2D eigenvalue weighted by Crippen LogP contribution is 2.42. The molecule has 1 atom stereocenters. The Balaban J connectivity index is 1.56. The third-order valence-corrected chi connectivity index (χ3v) is 10.2. The molecule has 2 fully saturated rings. The lowest BCUT2D eigenvalue weighted by atomic mass is 9.82. The number of carboxylic acid groups (broad SMARTS) is 1. The zero-order valence-electron chi connectivity index (χ0n) is 19.9. The summed E-state index contributed by atoms with van der Waals surface area (Å²) < 4.78 is 28.1. The molecule has 1 N–H and O–H groups in total. The Bertz CT molecular complexity index is 1400. The van der Waals surface area contributed by atoms with E-state index in [1.807, 2.05) is 30.3 Å². The van der Waals surface area contributed by atoms with Gasteiger partial charge in [0.25, 0.3) is 0 Å². The van der Waals surface area contributed by atoms with E-state index >= 15 is 0 Å². The first kappa shape index (κ1) is 25.8. The van der Waals surface area contributed by atoms with E-state index in [9.17, 15) is 23.1 Å². The van der Waals surface area contributed by atoms with Crippen LogP contribution in [-0.2, 0) is 14.8 Å². The number of piperazine rings is 1. The topological polar surface area (TPSA) is 108 Å². The van der Waals surface area contributed by atoms with E-state index < -0.39 is 27.9 Å². The van der Waals surface area contributed by atoms with Crippen LogP contribution in [0, 0.1) is 5.92 Å². The predicted molar refractivity (Wildman–Crippen MR) is 143 cm³/mol. The van der Waals surface area contributed by atoms with Crippen LogP contribution in [0.25, 0.3) is 10.4 Å². The molecule has 3 heterocycles. The normalized spacial score (nSPS) is 19.8. The number of thiophene rings is 1. The molecule has 3 aromatic rings. The fourth-order valence-electron chi connectivity index (χ4n) is 5.26. The Morgan fingerprint density at radius 1 is 1.08 bits per heavy atom. The van der Waals surface area contributed by atoms with Crippen molar-refractivity contribution in [1.29, 1.82) is 0 Å². The second kappa shape index (κ2) is 10.5. The van der Waals surface area contributed by atoms with Crippen LogP contribution < -0.4 is 4.90 Å². The molecule has 0 radical (unpaired) electrons. The summed E-state index contributed by atoms with van der Waals surface area (Å²) in [5, 5.41) is 10.2. The van der Waals surface area contributed by atoms with Gasteiger partial charge in [-0.1, -0.05) is 61.2 Å². The van der Waals surface area contributed by atoms with Crippen molar-refractivity contribution in [3.05, 3.63) is 64.8 Å². The summed E-state index contributed by atoms with van der Waals surface area (Å²) in [4.78, 5) is 32.2. The summed E-state index contributed by atoms with van der Waals surface area (Å²) in [7, 11) is -4.00. The Hall–Kier alpha value is -2.79. The molecule has 0 bridgehead atoms. The lowest BCUT2D eigenvalue weighted by Crippen LogP contribution is -2.60. The monoisotopic (exact) mass is 559 g/mol. The Kier molecular flexibility index (Phi) is 7.35. The van der Waals surface area contributed by atoms with Gasteiger partial charge in [-0.15, -0.1) is 11.3 Å². The van der Waals surface area contributed by atoms with Gasteiger partial charge in [-0.3, -0.25) is 4.79 Å². The quantitative estimate of drug-likeness (QED) is 0.419. The minimum atomic E-state index is -4.00. The number of anilines is 1. The van der Waals surface area contributed by atoms with Crippen LogP contribution in [0.3, 0.4) is 0 Å². The molecule has 1 saturated heterocycles. The molecule has 2 aliphatic rings. The minimum Gasteiger partial charge on any atom is -0.477 e. The molecule has 37 heavy (non-hydrogen) atoms. The highest BCUT2D eigenvalue weighted by atomic mass is 35.5. The standard InChI is InChI=1S/C26H26ClN3O5S2/c27-23-12-11-19(14-28-23)37(34,35)29-15-21(17-7-3-1-4-8-17)30(24(31)16-29)20-13-22(36-25(20)26(32)33)18-9-5-2-6-10-18/h2,5-6,9-14,17,21H,1,3-4,7-8,15-16H2,(H,32,33)/t21-/m0/s1. The summed E-state index contributed by atoms with van der Waals surface area (Å²) in [6, 6.07) is 13.5. The van der Waals surface area contributed by atoms with Gasteiger partial charge in [-0.25, -0.2) is 18.2 Å². The molecule has 5 rings (SSSR count). The van der Waals surface area contributed by atoms with E-state index in [0.717, 1.165) is 53.9 Å². The molecule has 194 valence electrons. The van der Waals surface area contributed by atoms with Crippen LogP contribution >= 0.6 is 22.9 Å². The van der Waals surface area contributed by atoms with Gasteiger partial charge in [0.2, 0.25) is 15.9 Å². The maximum absolute atomic E-state index is 13.7. The molecule has 1 aliphatic carbocycles. The SMILES string of the molecule is O=C(O)c1sc(-c2ccccc2)cc1N1C(=O)CN(S(=O)(=O)c2ccc(Cl)nc2)C[C@H]1C1CCCCC1. The molecule has 1 saturated carbocycles. The van der Waals surface area contributed by atoms with Gasteiger partial charge in [-0.05, 0) is 42.5 Å². The van der Waals surface area contributed by atoms with Crippen molar-refractivity contribution < 1.29 is 23.1 Å². The summed E-state index contributed by atoms with van der Waals surface area (Å²) >= 11 is 6.97. The number of pyridine rings is 1. The van der Waals surface area contributed by atoms with Crippen LogP contribution in [0.15, 0.2) is 59.6 Å². The molecular weight excluding hydrogens is 534 g/mol. The van der Waals surface area contributed by atoms with Gasteiger partial charge in [0.1, 0.15) is 14.9 Å². The van der Waals surface area contributed by atoms with Crippen molar-refractivity contribution in [3.8, 4) is 10.4 Å². The summed E-state index contributed by atoms with van der Waals surface area (Å²) in [6.07, 6.45) is 5.96. The highest BCUT2D eigenvalue weighted by molar-refractivity contribution is 7.89. The number of carboxylic acids is 1. The number of nitrogens with zero attached hydrogens (tertiary/aromatic N) is 3. The van der Waals surface area contributed by atoms with Crippen molar-refractivity contribution in [1.82, 2.24) is 9.29 Å². The fraction of sp³-hybridized carbons (Fsp3) is 0.346. The van der Waals surface area contributed by atoms with Crippen LogP contribution in [0.1, 0.15) is 41.8 Å². The molecule has 0 spiro atoms. The van der Waals surface area contributed by atoms with Crippen LogP contribution in [0.4, 0.5) is 5.69 Å². The van der Waals surface area contributed by atoms with E-state index in [0.29, 0.717) is 5.69 Å². The minimum absolute atomic E-state index is 0.0336. The number of carbonyl (C=O) groups is 2. The first-order valence-electron chi connectivity index (χ1n) is 12.1. The number of halogens is 1. The maximum Gasteiger partial charge on any atom is 0.348 e. The van der Waals surface area contributed by atoms with Gasteiger partial charge < -0.3 is 10.0 Å². The summed E-state index contributed by atoms with van der Waals surface area (Å²) in [5.41, 5.74) is 1.20. The number of hydrogen-bond acceptors (Lipinski definition) is 6. The first-order valence-corrected chi connectivity index (χ1v) is 14.8. The van der Waals surface area contributed by atoms with Crippen LogP contribution in [0.2, 0.25) is 5.15 Å². The molecule has 8 nitrogen and oxygen atoms in total. The second-order valence-corrected chi connectivity index (χ2v) is 12.7. The predicted octanol–water partition coefficient (Wildman–Crippen LogP) is 5.15. The summed E-state index contributed by atoms with van der Waals surface area (Å²) in [5.74, 6) is -1.49. The fourth-order valence-corrected chi connectivity index (χ4v) is 7.72. The number of sulfonamides is 1. The Morgan fingerprint density at radius 3 is 2.46 bits per heavy atom. The molecule has 1 aliphatic heterocycles. The molecule has 1 aromatic carbocycles. The van der Waals surface area contributed by atoms with Gasteiger partial charge in [0, 0.05) is 17.6 Å². The lowest BCUT2D eigenvalue weighted by molar-refractivity contribution is -0.121. The number of carbonyl (C=O) groups excluding carboxylic acids is 1. The van der Waals surface area contributed by atoms with E-state index in [-0.39, 0.29) is 33.9 Å². The highest BCUT2D eigenvalue weighted by Gasteiger charge is 2.44. The van der Waals surface area contributed by atoms with Crippen LogP contribution in [0.5, 0.6) is 0 Å². The van der Waals surface area contributed by atoms with Crippen molar-refractivity contribution in [2.24, 2.45) is 5.92 Å². The average molecular weight is 560 g/mol. The molecular formula is C26H26ClN3O5S2. The van der Waals surface area contributed by atoms with E-state index in [1.165, 1.54) is 22.6 Å². The van der Waals surface area contributed by atoms with E-state index in [4.69, 9.17) is 11.6 Å². The summed E-state index contributed by atoms with van der Waals surface area (Å²) in [6.45, 7) is -0.305. The smallest absolute Gasteiger partial charge is 0.348 e. The first-order chi connectivity index (χ1) is 17.8. The zero-order chi connectivity index (χ0) is 26.2. The van der Waals surface area contributed by atoms with Crippen molar-refractivity contribution in [2.45, 2.75) is 43.0 Å². The number of aromatic nitrogens is 1. The van der Waals surface area contributed by atoms with E-state index in [1.54, 1.807) is 11.0 Å². The number of amides is 1. The third-order valence-electron chi connectivity index (χ3n) is 7.06. The largest absolute Gasteiger partial charge is 0.477 e. The molecule has 0 unspecified atom stereocenters. The van der Waals surface area contributed by atoms with Crippen LogP contribution in [-0.4, -0.2) is 53.8 Å². The lowest BCUT2D eigenvalue weighted by Gasteiger charge is -2.44. The van der Waals surface area contributed by atoms with Crippen molar-refractivity contribution in [3.63, 3.8) is 0 Å². The molecule has 1 amide bonds. The maximum atomic E-state index is 13.7. The van der Waals surface area contributed by atoms with Crippen molar-refractivity contribution in [2.75, 3.05) is 18.0 Å². The number of rotatable bonds is 6. The van der Waals surface area contributed by atoms with E-state index in [2.05, 4.69) is 4.98 Å². The third kappa shape index (κ3) is 5.16. The van der Waals surface area contributed by atoms with Gasteiger partial charge in [-0.2, -0.15) is 4.31 Å². The number of benzene rings is 1. The Labute approximate surface area is 224 Å². The number of aromatic carboxylic acids is 1. The molecule has 2 aromatic heterocycles. The van der Waals surface area contributed by atoms with Crippen molar-refractivity contribution >= 4 is 50.5 Å². The van der Waals surface area contributed by atoms with Gasteiger partial charge >= 0.3 is 5.97 Å². The second-order valence-electron chi connectivity index (χ2n) is 9.34. The number of hydrogen-bond donors (Lipinski definition) is 1. The average Bonchev–Trinajstić information content (AvgIpc) is 3.35. The molecule has 11 heteroatoms. The zero-order valence-corrected chi connectivity index (χ0v) is 22.3.